The van der Waals surface area contributed by atoms with Crippen molar-refractivity contribution in [3.8, 4) is 17.1 Å². The SMILES string of the molecule is CC(=O)Nc1ccc(NC(=O)CSc2nnc(-c3ccccc3)n2-c2ccccc2)cc1. The van der Waals surface area contributed by atoms with Gasteiger partial charge in [0.25, 0.3) is 0 Å². The maximum atomic E-state index is 12.5. The molecule has 32 heavy (non-hydrogen) atoms. The molecule has 2 N–H and O–H groups in total. The highest BCUT2D eigenvalue weighted by molar-refractivity contribution is 7.99. The lowest BCUT2D eigenvalue weighted by Gasteiger charge is -2.10. The Morgan fingerprint density at radius 2 is 1.41 bits per heavy atom. The van der Waals surface area contributed by atoms with E-state index in [-0.39, 0.29) is 17.6 Å². The maximum absolute atomic E-state index is 12.5. The van der Waals surface area contributed by atoms with Crippen LogP contribution in [0.1, 0.15) is 6.92 Å². The smallest absolute Gasteiger partial charge is 0.234 e. The first-order chi connectivity index (χ1) is 15.6. The summed E-state index contributed by atoms with van der Waals surface area (Å²) in [4.78, 5) is 23.6. The van der Waals surface area contributed by atoms with Crippen LogP contribution < -0.4 is 10.6 Å². The second kappa shape index (κ2) is 9.93. The molecule has 0 spiro atoms. The summed E-state index contributed by atoms with van der Waals surface area (Å²) in [5.74, 6) is 0.586. The van der Waals surface area contributed by atoms with Crippen LogP contribution in [0.25, 0.3) is 17.1 Å². The van der Waals surface area contributed by atoms with Crippen LogP contribution in [0.3, 0.4) is 0 Å². The minimum Gasteiger partial charge on any atom is -0.326 e. The number of anilines is 2. The highest BCUT2D eigenvalue weighted by Gasteiger charge is 2.17. The second-order valence-electron chi connectivity index (χ2n) is 6.94. The summed E-state index contributed by atoms with van der Waals surface area (Å²) in [7, 11) is 0. The first-order valence-corrected chi connectivity index (χ1v) is 11.0. The quantitative estimate of drug-likeness (QED) is 0.407. The highest BCUT2D eigenvalue weighted by atomic mass is 32.2. The van der Waals surface area contributed by atoms with Crippen LogP contribution in [0.4, 0.5) is 11.4 Å². The minimum atomic E-state index is -0.161. The number of benzene rings is 3. The number of rotatable bonds is 7. The van der Waals surface area contributed by atoms with E-state index in [0.29, 0.717) is 22.4 Å². The fourth-order valence-electron chi connectivity index (χ4n) is 3.11. The number of thioether (sulfide) groups is 1. The molecule has 1 aromatic heterocycles. The van der Waals surface area contributed by atoms with Crippen LogP contribution in [0.15, 0.2) is 90.1 Å². The molecule has 4 aromatic rings. The van der Waals surface area contributed by atoms with Crippen molar-refractivity contribution in [2.45, 2.75) is 12.1 Å². The number of amides is 2. The van der Waals surface area contributed by atoms with Gasteiger partial charge in [-0.1, -0.05) is 60.3 Å². The summed E-state index contributed by atoms with van der Waals surface area (Å²) in [6.45, 7) is 1.45. The van der Waals surface area contributed by atoms with E-state index in [1.54, 1.807) is 24.3 Å². The van der Waals surface area contributed by atoms with Gasteiger partial charge in [-0.15, -0.1) is 10.2 Å². The van der Waals surface area contributed by atoms with Crippen molar-refractivity contribution in [3.05, 3.63) is 84.9 Å². The summed E-state index contributed by atoms with van der Waals surface area (Å²) in [6.07, 6.45) is 0. The maximum Gasteiger partial charge on any atom is 0.234 e. The van der Waals surface area contributed by atoms with E-state index in [1.807, 2.05) is 65.2 Å². The van der Waals surface area contributed by atoms with Gasteiger partial charge < -0.3 is 10.6 Å². The summed E-state index contributed by atoms with van der Waals surface area (Å²) < 4.78 is 1.95. The standard InChI is InChI=1S/C24H21N5O2S/c1-17(30)25-19-12-14-20(15-13-19)26-22(31)16-32-24-28-27-23(18-8-4-2-5-9-18)29(24)21-10-6-3-7-11-21/h2-15H,16H2,1H3,(H,25,30)(H,26,31). The number of para-hydroxylation sites is 1. The van der Waals surface area contributed by atoms with Gasteiger partial charge in [0.15, 0.2) is 11.0 Å². The van der Waals surface area contributed by atoms with E-state index in [9.17, 15) is 9.59 Å². The van der Waals surface area contributed by atoms with E-state index in [4.69, 9.17) is 0 Å². The molecule has 1 heterocycles. The van der Waals surface area contributed by atoms with Crippen molar-refractivity contribution >= 4 is 35.0 Å². The van der Waals surface area contributed by atoms with Gasteiger partial charge in [0.1, 0.15) is 0 Å². The average Bonchev–Trinajstić information content (AvgIpc) is 3.24. The van der Waals surface area contributed by atoms with Crippen molar-refractivity contribution in [1.82, 2.24) is 14.8 Å². The molecule has 3 aromatic carbocycles. The number of nitrogens with zero attached hydrogens (tertiary/aromatic N) is 3. The topological polar surface area (TPSA) is 88.9 Å². The lowest BCUT2D eigenvalue weighted by atomic mass is 10.2. The molecule has 0 unspecified atom stereocenters. The fourth-order valence-corrected chi connectivity index (χ4v) is 3.87. The number of hydrogen-bond acceptors (Lipinski definition) is 5. The van der Waals surface area contributed by atoms with Gasteiger partial charge in [-0.2, -0.15) is 0 Å². The van der Waals surface area contributed by atoms with Crippen LogP contribution in [0.2, 0.25) is 0 Å². The zero-order chi connectivity index (χ0) is 22.3. The highest BCUT2D eigenvalue weighted by Crippen LogP contribution is 2.28. The van der Waals surface area contributed by atoms with Gasteiger partial charge >= 0.3 is 0 Å². The van der Waals surface area contributed by atoms with Crippen molar-refractivity contribution in [1.29, 1.82) is 0 Å². The summed E-state index contributed by atoms with van der Waals surface area (Å²) in [6, 6.07) is 26.6. The molecule has 0 aliphatic heterocycles. The Kier molecular flexibility index (Phi) is 6.62. The molecule has 0 atom stereocenters. The molecule has 0 saturated carbocycles. The Bertz CT molecular complexity index is 1210. The van der Waals surface area contributed by atoms with Gasteiger partial charge in [0, 0.05) is 29.5 Å². The minimum absolute atomic E-state index is 0.143. The molecule has 7 nitrogen and oxygen atoms in total. The van der Waals surface area contributed by atoms with Gasteiger partial charge in [-0.25, -0.2) is 0 Å². The molecular weight excluding hydrogens is 422 g/mol. The van der Waals surface area contributed by atoms with Crippen molar-refractivity contribution in [3.63, 3.8) is 0 Å². The first-order valence-electron chi connectivity index (χ1n) is 9.97. The summed E-state index contributed by atoms with van der Waals surface area (Å²) in [5.41, 5.74) is 3.20. The summed E-state index contributed by atoms with van der Waals surface area (Å²) in [5, 5.41) is 14.9. The van der Waals surface area contributed by atoms with Crippen molar-refractivity contribution in [2.24, 2.45) is 0 Å². The van der Waals surface area contributed by atoms with Gasteiger partial charge in [0.05, 0.1) is 5.75 Å². The van der Waals surface area contributed by atoms with Crippen LogP contribution in [-0.4, -0.2) is 32.3 Å². The number of nitrogens with one attached hydrogen (secondary N) is 2. The number of carbonyl (C=O) groups is 2. The van der Waals surface area contributed by atoms with E-state index in [0.717, 1.165) is 11.3 Å². The lowest BCUT2D eigenvalue weighted by molar-refractivity contribution is -0.114. The summed E-state index contributed by atoms with van der Waals surface area (Å²) >= 11 is 1.32. The van der Waals surface area contributed by atoms with E-state index < -0.39 is 0 Å². The van der Waals surface area contributed by atoms with Crippen molar-refractivity contribution < 1.29 is 9.59 Å². The van der Waals surface area contributed by atoms with Gasteiger partial charge in [0.2, 0.25) is 11.8 Å². The molecule has 160 valence electrons. The number of aromatic nitrogens is 3. The van der Waals surface area contributed by atoms with Crippen LogP contribution in [0, 0.1) is 0 Å². The third-order valence-corrected chi connectivity index (χ3v) is 5.43. The normalized spacial score (nSPS) is 10.5. The monoisotopic (exact) mass is 443 g/mol. The predicted molar refractivity (Wildman–Crippen MR) is 127 cm³/mol. The van der Waals surface area contributed by atoms with Crippen molar-refractivity contribution in [2.75, 3.05) is 16.4 Å². The van der Waals surface area contributed by atoms with Crippen LogP contribution in [0.5, 0.6) is 0 Å². The molecule has 0 bridgehead atoms. The first kappa shape index (κ1) is 21.3. The zero-order valence-electron chi connectivity index (χ0n) is 17.4. The average molecular weight is 444 g/mol. The fraction of sp³-hybridized carbons (Fsp3) is 0.0833. The Morgan fingerprint density at radius 3 is 2.03 bits per heavy atom. The van der Waals surface area contributed by atoms with Crippen LogP contribution in [-0.2, 0) is 9.59 Å². The Morgan fingerprint density at radius 1 is 0.812 bits per heavy atom. The molecule has 0 saturated heterocycles. The molecular formula is C24H21N5O2S. The predicted octanol–water partition coefficient (Wildman–Crippen LogP) is 4.62. The Hall–Kier alpha value is -3.91. The zero-order valence-corrected chi connectivity index (χ0v) is 18.2. The molecule has 2 amide bonds. The molecule has 0 fully saturated rings. The molecule has 4 rings (SSSR count). The number of hydrogen-bond donors (Lipinski definition) is 2. The Labute approximate surface area is 189 Å². The molecule has 0 aliphatic carbocycles. The Balaban J connectivity index is 1.49. The van der Waals surface area contributed by atoms with E-state index >= 15 is 0 Å². The van der Waals surface area contributed by atoms with Gasteiger partial charge in [-0.3, -0.25) is 14.2 Å². The van der Waals surface area contributed by atoms with E-state index in [1.165, 1.54) is 18.7 Å². The lowest BCUT2D eigenvalue weighted by Crippen LogP contribution is -2.14. The van der Waals surface area contributed by atoms with Gasteiger partial charge in [-0.05, 0) is 36.4 Å². The third-order valence-electron chi connectivity index (χ3n) is 4.50. The van der Waals surface area contributed by atoms with E-state index in [2.05, 4.69) is 20.8 Å². The molecule has 8 heteroatoms. The molecule has 0 aliphatic rings. The largest absolute Gasteiger partial charge is 0.326 e. The van der Waals surface area contributed by atoms with Crippen LogP contribution >= 0.6 is 11.8 Å². The second-order valence-corrected chi connectivity index (χ2v) is 7.88. The third kappa shape index (κ3) is 5.22. The molecule has 0 radical (unpaired) electrons. The number of carbonyl (C=O) groups excluding carboxylic acids is 2.